The molecule has 1 amide bonds. The average molecular weight is 540 g/mol. The molecule has 0 atom stereocenters. The van der Waals surface area contributed by atoms with Crippen molar-refractivity contribution in [2.75, 3.05) is 41.9 Å². The summed E-state index contributed by atoms with van der Waals surface area (Å²) in [7, 11) is 8.68. The Labute approximate surface area is 202 Å². The van der Waals surface area contributed by atoms with Crippen LogP contribution in [-0.4, -0.2) is 63.6 Å². The minimum Gasteiger partial charge on any atom is -0.493 e. The van der Waals surface area contributed by atoms with E-state index in [1.807, 2.05) is 61.3 Å². The predicted molar refractivity (Wildman–Crippen MR) is 135 cm³/mol. The molecule has 0 aromatic heterocycles. The molecule has 0 aliphatic rings. The molecule has 0 aliphatic carbocycles. The van der Waals surface area contributed by atoms with Crippen molar-refractivity contribution in [2.24, 2.45) is 4.99 Å². The second-order valence-electron chi connectivity index (χ2n) is 7.26. The minimum atomic E-state index is -0.0156. The number of nitrogens with zero attached hydrogens (tertiary/aromatic N) is 3. The maximum Gasteiger partial charge on any atom is 0.241 e. The fourth-order valence-corrected chi connectivity index (χ4v) is 2.90. The Hall–Kier alpha value is -2.49. The molecule has 0 unspecified atom stereocenters. The number of guanidine groups is 1. The summed E-state index contributed by atoms with van der Waals surface area (Å²) in [6.45, 7) is 3.34. The van der Waals surface area contributed by atoms with E-state index in [4.69, 9.17) is 14.5 Å². The van der Waals surface area contributed by atoms with Gasteiger partial charge in [0.15, 0.2) is 17.5 Å². The number of methoxy groups -OCH3 is 2. The number of hydrogen-bond donors (Lipinski definition) is 1. The molecule has 31 heavy (non-hydrogen) atoms. The quantitative estimate of drug-likeness (QED) is 0.316. The van der Waals surface area contributed by atoms with Gasteiger partial charge in [0.05, 0.1) is 27.3 Å². The fraction of sp³-hybridized carbons (Fsp3) is 0.391. The van der Waals surface area contributed by atoms with E-state index >= 15 is 0 Å². The lowest BCUT2D eigenvalue weighted by molar-refractivity contribution is -0.127. The highest BCUT2D eigenvalue weighted by atomic mass is 127. The zero-order valence-electron chi connectivity index (χ0n) is 19.1. The van der Waals surface area contributed by atoms with Crippen molar-refractivity contribution in [1.82, 2.24) is 15.1 Å². The Kier molecular flexibility index (Phi) is 11.2. The normalized spacial score (nSPS) is 10.7. The third kappa shape index (κ3) is 7.93. The lowest BCUT2D eigenvalue weighted by Crippen LogP contribution is -2.43. The van der Waals surface area contributed by atoms with Crippen molar-refractivity contribution >= 4 is 35.8 Å². The van der Waals surface area contributed by atoms with Gasteiger partial charge in [0.1, 0.15) is 0 Å². The summed E-state index contributed by atoms with van der Waals surface area (Å²) in [5.41, 5.74) is 3.28. The SMILES string of the molecule is COc1cc(C)c(CN(C)C(=NCc2ccccc2)NCC(=O)N(C)C)cc1OC.I. The first-order valence-corrected chi connectivity index (χ1v) is 9.80. The Morgan fingerprint density at radius 3 is 2.23 bits per heavy atom. The smallest absolute Gasteiger partial charge is 0.241 e. The molecule has 0 fully saturated rings. The number of benzene rings is 2. The summed E-state index contributed by atoms with van der Waals surface area (Å²) < 4.78 is 10.8. The molecular weight excluding hydrogens is 507 g/mol. The molecule has 0 heterocycles. The number of ether oxygens (including phenoxy) is 2. The van der Waals surface area contributed by atoms with Gasteiger partial charge in [0, 0.05) is 27.7 Å². The number of carbonyl (C=O) groups excluding carboxylic acids is 1. The predicted octanol–water partition coefficient (Wildman–Crippen LogP) is 3.30. The van der Waals surface area contributed by atoms with Crippen molar-refractivity contribution in [1.29, 1.82) is 0 Å². The van der Waals surface area contributed by atoms with Crippen LogP contribution in [0.25, 0.3) is 0 Å². The van der Waals surface area contributed by atoms with Crippen molar-refractivity contribution in [2.45, 2.75) is 20.0 Å². The molecule has 0 aliphatic heterocycles. The summed E-state index contributed by atoms with van der Waals surface area (Å²) >= 11 is 0. The van der Waals surface area contributed by atoms with Gasteiger partial charge in [-0.2, -0.15) is 0 Å². The molecule has 0 saturated heterocycles. The Morgan fingerprint density at radius 2 is 1.65 bits per heavy atom. The van der Waals surface area contributed by atoms with Crippen LogP contribution in [0.15, 0.2) is 47.5 Å². The third-order valence-corrected chi connectivity index (χ3v) is 4.76. The summed E-state index contributed by atoms with van der Waals surface area (Å²) in [5.74, 6) is 2.03. The topological polar surface area (TPSA) is 66.4 Å². The Morgan fingerprint density at radius 1 is 1.03 bits per heavy atom. The summed E-state index contributed by atoms with van der Waals surface area (Å²) in [6.07, 6.45) is 0. The fourth-order valence-electron chi connectivity index (χ4n) is 2.90. The zero-order valence-corrected chi connectivity index (χ0v) is 21.5. The van der Waals surface area contributed by atoms with Crippen LogP contribution in [0.3, 0.4) is 0 Å². The molecule has 0 bridgehead atoms. The van der Waals surface area contributed by atoms with Crippen LogP contribution >= 0.6 is 24.0 Å². The number of amides is 1. The second kappa shape index (κ2) is 13.0. The highest BCUT2D eigenvalue weighted by Crippen LogP contribution is 2.30. The lowest BCUT2D eigenvalue weighted by Gasteiger charge is -2.24. The second-order valence-corrected chi connectivity index (χ2v) is 7.26. The molecule has 2 aromatic rings. The highest BCUT2D eigenvalue weighted by Gasteiger charge is 2.14. The van der Waals surface area contributed by atoms with E-state index in [2.05, 4.69) is 5.32 Å². The van der Waals surface area contributed by atoms with Crippen molar-refractivity contribution in [3.05, 3.63) is 59.2 Å². The molecule has 8 heteroatoms. The first-order valence-electron chi connectivity index (χ1n) is 9.80. The van der Waals surface area contributed by atoms with Gasteiger partial charge >= 0.3 is 0 Å². The zero-order chi connectivity index (χ0) is 22.1. The summed E-state index contributed by atoms with van der Waals surface area (Å²) in [5, 5.41) is 3.19. The number of carbonyl (C=O) groups is 1. The van der Waals surface area contributed by atoms with Crippen LogP contribution in [0.5, 0.6) is 11.5 Å². The molecule has 170 valence electrons. The number of hydrogen-bond acceptors (Lipinski definition) is 4. The van der Waals surface area contributed by atoms with Gasteiger partial charge in [-0.05, 0) is 35.7 Å². The van der Waals surface area contributed by atoms with Crippen LogP contribution in [-0.2, 0) is 17.9 Å². The minimum absolute atomic E-state index is 0. The van der Waals surface area contributed by atoms with Crippen LogP contribution in [0, 0.1) is 6.92 Å². The molecule has 0 spiro atoms. The first kappa shape index (κ1) is 26.5. The number of aliphatic imine (C=N–C) groups is 1. The van der Waals surface area contributed by atoms with Gasteiger partial charge in [-0.25, -0.2) is 4.99 Å². The van der Waals surface area contributed by atoms with Crippen molar-refractivity contribution in [3.63, 3.8) is 0 Å². The van der Waals surface area contributed by atoms with Crippen LogP contribution in [0.2, 0.25) is 0 Å². The molecule has 0 saturated carbocycles. The first-order chi connectivity index (χ1) is 14.3. The molecule has 0 radical (unpaired) electrons. The average Bonchev–Trinajstić information content (AvgIpc) is 2.75. The van der Waals surface area contributed by atoms with Crippen LogP contribution in [0.1, 0.15) is 16.7 Å². The number of likely N-dealkylation sites (N-methyl/N-ethyl adjacent to an activating group) is 1. The van der Waals surface area contributed by atoms with Crippen LogP contribution in [0.4, 0.5) is 0 Å². The van der Waals surface area contributed by atoms with Gasteiger partial charge in [0.2, 0.25) is 5.91 Å². The monoisotopic (exact) mass is 540 g/mol. The largest absolute Gasteiger partial charge is 0.493 e. The maximum absolute atomic E-state index is 12.1. The summed E-state index contributed by atoms with van der Waals surface area (Å²) in [6, 6.07) is 14.0. The van der Waals surface area contributed by atoms with E-state index in [0.717, 1.165) is 16.7 Å². The molecular formula is C23H33IN4O3. The van der Waals surface area contributed by atoms with E-state index < -0.39 is 0 Å². The molecule has 2 aromatic carbocycles. The van der Waals surface area contributed by atoms with Crippen molar-refractivity contribution < 1.29 is 14.3 Å². The Balaban J connectivity index is 0.00000480. The van der Waals surface area contributed by atoms with Gasteiger partial charge in [-0.1, -0.05) is 30.3 Å². The number of rotatable bonds is 8. The molecule has 2 rings (SSSR count). The molecule has 7 nitrogen and oxygen atoms in total. The third-order valence-electron chi connectivity index (χ3n) is 4.76. The van der Waals surface area contributed by atoms with E-state index in [9.17, 15) is 4.79 Å². The van der Waals surface area contributed by atoms with Gasteiger partial charge < -0.3 is 24.6 Å². The van der Waals surface area contributed by atoms with Gasteiger partial charge in [0.25, 0.3) is 0 Å². The highest BCUT2D eigenvalue weighted by molar-refractivity contribution is 14.0. The van der Waals surface area contributed by atoms with Gasteiger partial charge in [-0.3, -0.25) is 4.79 Å². The standard InChI is InChI=1S/C23H32N4O3.HI/c1-17-12-20(29-5)21(30-6)13-19(17)16-27(4)23(25-15-22(28)26(2)3)24-14-18-10-8-7-9-11-18;/h7-13H,14-16H2,1-6H3,(H,24,25);1H. The molecule has 1 N–H and O–H groups in total. The Bertz CT molecular complexity index is 873. The number of halogens is 1. The lowest BCUT2D eigenvalue weighted by atomic mass is 10.1. The van der Waals surface area contributed by atoms with Crippen LogP contribution < -0.4 is 14.8 Å². The van der Waals surface area contributed by atoms with Gasteiger partial charge in [-0.15, -0.1) is 24.0 Å². The van der Waals surface area contributed by atoms with E-state index in [0.29, 0.717) is 30.5 Å². The number of nitrogens with one attached hydrogen (secondary N) is 1. The maximum atomic E-state index is 12.1. The van der Waals surface area contributed by atoms with E-state index in [1.54, 1.807) is 33.2 Å². The van der Waals surface area contributed by atoms with Crippen molar-refractivity contribution in [3.8, 4) is 11.5 Å². The summed E-state index contributed by atoms with van der Waals surface area (Å²) in [4.78, 5) is 20.4. The van der Waals surface area contributed by atoms with E-state index in [1.165, 1.54) is 0 Å². The number of aryl methyl sites for hydroxylation is 1. The van der Waals surface area contributed by atoms with E-state index in [-0.39, 0.29) is 36.4 Å².